The molecule has 1 heterocycles. The molecule has 0 fully saturated rings. The number of likely N-dealkylation sites (N-methyl/N-ethyl adjacent to an activating group) is 1. The molecule has 3 rings (SSSR count). The van der Waals surface area contributed by atoms with E-state index in [0.29, 0.717) is 21.7 Å². The van der Waals surface area contributed by atoms with Crippen LogP contribution >= 0.6 is 11.6 Å². The highest BCUT2D eigenvalue weighted by atomic mass is 35.5. The number of carbonyl (C=O) groups is 3. The van der Waals surface area contributed by atoms with E-state index in [-0.39, 0.29) is 12.2 Å². The van der Waals surface area contributed by atoms with Gasteiger partial charge in [0.05, 0.1) is 34.5 Å². The predicted molar refractivity (Wildman–Crippen MR) is 108 cm³/mol. The molecular weight excluding hydrogens is 396 g/mol. The molecular formula is C20H17ClN4O4. The van der Waals surface area contributed by atoms with Gasteiger partial charge in [-0.1, -0.05) is 35.9 Å². The fraction of sp³-hybridized carbons (Fsp3) is 0.150. The number of halogens is 1. The van der Waals surface area contributed by atoms with Gasteiger partial charge in [-0.3, -0.25) is 14.6 Å². The van der Waals surface area contributed by atoms with E-state index in [4.69, 9.17) is 16.3 Å². The van der Waals surface area contributed by atoms with Crippen molar-refractivity contribution in [1.29, 1.82) is 0 Å². The summed E-state index contributed by atoms with van der Waals surface area (Å²) in [6.07, 6.45) is 1.29. The Balaban J connectivity index is 1.51. The van der Waals surface area contributed by atoms with Gasteiger partial charge >= 0.3 is 5.97 Å². The van der Waals surface area contributed by atoms with Gasteiger partial charge in [0.15, 0.2) is 12.3 Å². The number of fused-ring (bicyclic) bond motifs is 1. The van der Waals surface area contributed by atoms with Gasteiger partial charge < -0.3 is 15.0 Å². The van der Waals surface area contributed by atoms with Crippen molar-refractivity contribution in [2.75, 3.05) is 25.5 Å². The number of hydrogen-bond acceptors (Lipinski definition) is 6. The number of anilines is 1. The molecule has 0 saturated carbocycles. The Bertz CT molecular complexity index is 1070. The van der Waals surface area contributed by atoms with Gasteiger partial charge in [0, 0.05) is 7.05 Å². The van der Waals surface area contributed by atoms with Gasteiger partial charge in [-0.25, -0.2) is 9.78 Å². The highest BCUT2D eigenvalue weighted by molar-refractivity contribution is 6.33. The van der Waals surface area contributed by atoms with Crippen LogP contribution in [0.2, 0.25) is 5.02 Å². The van der Waals surface area contributed by atoms with Crippen molar-refractivity contribution in [2.24, 2.45) is 0 Å². The number of amides is 2. The fourth-order valence-corrected chi connectivity index (χ4v) is 2.61. The maximum Gasteiger partial charge on any atom is 0.359 e. The molecule has 0 bridgehead atoms. The minimum absolute atomic E-state index is 0.00406. The van der Waals surface area contributed by atoms with Crippen LogP contribution < -0.4 is 5.32 Å². The number of esters is 1. The molecule has 0 aliphatic heterocycles. The maximum atomic E-state index is 12.2. The number of ether oxygens (including phenoxy) is 1. The monoisotopic (exact) mass is 412 g/mol. The Morgan fingerprint density at radius 2 is 1.76 bits per heavy atom. The summed E-state index contributed by atoms with van der Waals surface area (Å²) >= 11 is 5.98. The lowest BCUT2D eigenvalue weighted by Crippen LogP contribution is -2.37. The lowest BCUT2D eigenvalue weighted by molar-refractivity contribution is -0.136. The Hall–Kier alpha value is -3.52. The molecule has 0 radical (unpaired) electrons. The van der Waals surface area contributed by atoms with E-state index in [0.717, 1.165) is 4.90 Å². The van der Waals surface area contributed by atoms with Crippen LogP contribution in [-0.2, 0) is 14.3 Å². The normalized spacial score (nSPS) is 10.4. The lowest BCUT2D eigenvalue weighted by Gasteiger charge is -2.17. The maximum absolute atomic E-state index is 12.2. The first-order valence-electron chi connectivity index (χ1n) is 8.61. The van der Waals surface area contributed by atoms with Crippen molar-refractivity contribution >= 4 is 46.1 Å². The van der Waals surface area contributed by atoms with E-state index in [1.54, 1.807) is 42.5 Å². The summed E-state index contributed by atoms with van der Waals surface area (Å²) in [5.74, 6) is -1.74. The van der Waals surface area contributed by atoms with Crippen molar-refractivity contribution in [3.05, 3.63) is 65.4 Å². The molecule has 1 aromatic heterocycles. The highest BCUT2D eigenvalue weighted by Gasteiger charge is 2.17. The number of rotatable bonds is 6. The molecule has 1 N–H and O–H groups in total. The summed E-state index contributed by atoms with van der Waals surface area (Å²) in [5, 5.41) is 3.00. The van der Waals surface area contributed by atoms with Crippen molar-refractivity contribution in [1.82, 2.24) is 14.9 Å². The third kappa shape index (κ3) is 5.26. The number of nitrogens with one attached hydrogen (secondary N) is 1. The predicted octanol–water partition coefficient (Wildman–Crippen LogP) is 2.54. The molecule has 0 aliphatic rings. The average molecular weight is 413 g/mol. The Labute approximate surface area is 171 Å². The zero-order valence-electron chi connectivity index (χ0n) is 15.5. The topological polar surface area (TPSA) is 101 Å². The molecule has 0 atom stereocenters. The average Bonchev–Trinajstić information content (AvgIpc) is 2.73. The number of carbonyl (C=O) groups excluding carboxylic acids is 3. The number of benzene rings is 2. The zero-order valence-corrected chi connectivity index (χ0v) is 16.2. The molecule has 0 unspecified atom stereocenters. The van der Waals surface area contributed by atoms with Crippen molar-refractivity contribution in [2.45, 2.75) is 0 Å². The smallest absolute Gasteiger partial charge is 0.359 e. The molecule has 3 aromatic rings. The highest BCUT2D eigenvalue weighted by Crippen LogP contribution is 2.20. The summed E-state index contributed by atoms with van der Waals surface area (Å²) in [5.41, 5.74) is 1.63. The van der Waals surface area contributed by atoms with Crippen LogP contribution in [0.25, 0.3) is 11.0 Å². The van der Waals surface area contributed by atoms with Crippen LogP contribution in [-0.4, -0.2) is 52.9 Å². The summed E-state index contributed by atoms with van der Waals surface area (Å²) in [6, 6.07) is 13.8. The van der Waals surface area contributed by atoms with E-state index >= 15 is 0 Å². The minimum Gasteiger partial charge on any atom is -0.451 e. The van der Waals surface area contributed by atoms with E-state index in [1.165, 1.54) is 13.2 Å². The lowest BCUT2D eigenvalue weighted by atomic mass is 10.3. The molecule has 2 aromatic carbocycles. The first-order chi connectivity index (χ1) is 13.9. The third-order valence-electron chi connectivity index (χ3n) is 3.94. The third-order valence-corrected chi connectivity index (χ3v) is 4.27. The Kier molecular flexibility index (Phi) is 6.36. The van der Waals surface area contributed by atoms with Crippen LogP contribution in [0.3, 0.4) is 0 Å². The zero-order chi connectivity index (χ0) is 20.8. The number of aromatic nitrogens is 2. The Morgan fingerprint density at radius 3 is 2.52 bits per heavy atom. The van der Waals surface area contributed by atoms with Crippen molar-refractivity contribution in [3.63, 3.8) is 0 Å². The fourth-order valence-electron chi connectivity index (χ4n) is 2.42. The summed E-state index contributed by atoms with van der Waals surface area (Å²) < 4.78 is 4.99. The van der Waals surface area contributed by atoms with Crippen molar-refractivity contribution < 1.29 is 19.1 Å². The van der Waals surface area contributed by atoms with E-state index in [9.17, 15) is 14.4 Å². The second kappa shape index (κ2) is 9.11. The second-order valence-electron chi connectivity index (χ2n) is 6.10. The summed E-state index contributed by atoms with van der Waals surface area (Å²) in [4.78, 5) is 45.8. The molecule has 0 aliphatic carbocycles. The molecule has 8 nitrogen and oxygen atoms in total. The number of nitrogens with zero attached hydrogens (tertiary/aromatic N) is 3. The van der Waals surface area contributed by atoms with Crippen LogP contribution in [0.4, 0.5) is 5.69 Å². The van der Waals surface area contributed by atoms with E-state index < -0.39 is 24.4 Å². The van der Waals surface area contributed by atoms with Crippen LogP contribution in [0.15, 0.2) is 54.7 Å². The van der Waals surface area contributed by atoms with E-state index in [2.05, 4.69) is 15.3 Å². The van der Waals surface area contributed by atoms with Gasteiger partial charge in [0.1, 0.15) is 0 Å². The van der Waals surface area contributed by atoms with Crippen LogP contribution in [0, 0.1) is 0 Å². The molecule has 29 heavy (non-hydrogen) atoms. The molecule has 9 heteroatoms. The van der Waals surface area contributed by atoms with Gasteiger partial charge in [0.25, 0.3) is 5.91 Å². The first kappa shape index (κ1) is 20.2. The Morgan fingerprint density at radius 1 is 1.07 bits per heavy atom. The molecule has 2 amide bonds. The SMILES string of the molecule is CN(CC(=O)Nc1ccccc1Cl)C(=O)COC(=O)c1cnc2ccccc2n1. The van der Waals surface area contributed by atoms with Gasteiger partial charge in [-0.2, -0.15) is 0 Å². The number of hydrogen-bond donors (Lipinski definition) is 1. The molecule has 0 saturated heterocycles. The quantitative estimate of drug-likeness (QED) is 0.624. The van der Waals surface area contributed by atoms with E-state index in [1.807, 2.05) is 6.07 Å². The second-order valence-corrected chi connectivity index (χ2v) is 6.51. The minimum atomic E-state index is -0.773. The van der Waals surface area contributed by atoms with Crippen molar-refractivity contribution in [3.8, 4) is 0 Å². The standard InChI is InChI=1S/C20H17ClN4O4/c1-25(11-18(26)24-14-7-3-2-6-13(14)21)19(27)12-29-20(28)17-10-22-15-8-4-5-9-16(15)23-17/h2-10H,11-12H2,1H3,(H,24,26). The molecule has 0 spiro atoms. The van der Waals surface area contributed by atoms with Crippen LogP contribution in [0.5, 0.6) is 0 Å². The van der Waals surface area contributed by atoms with Crippen LogP contribution in [0.1, 0.15) is 10.5 Å². The number of para-hydroxylation sites is 3. The van der Waals surface area contributed by atoms with Gasteiger partial charge in [0.2, 0.25) is 5.91 Å². The summed E-state index contributed by atoms with van der Waals surface area (Å²) in [6.45, 7) is -0.749. The molecule has 148 valence electrons. The van der Waals surface area contributed by atoms with Gasteiger partial charge in [-0.05, 0) is 24.3 Å². The summed E-state index contributed by atoms with van der Waals surface area (Å²) in [7, 11) is 1.43. The largest absolute Gasteiger partial charge is 0.451 e. The van der Waals surface area contributed by atoms with Gasteiger partial charge in [-0.15, -0.1) is 0 Å². The first-order valence-corrected chi connectivity index (χ1v) is 8.99.